The number of allylic oxidation sites excluding steroid dienone is 8. The molecule has 1 nitrogen and oxygen atoms in total. The topological polar surface area (TPSA) is 20.2 Å². The molecule has 0 spiro atoms. The van der Waals surface area contributed by atoms with Crippen molar-refractivity contribution in [3.05, 3.63) is 47.1 Å². The predicted octanol–water partition coefficient (Wildman–Crippen LogP) is 4.77. The lowest BCUT2D eigenvalue weighted by Crippen LogP contribution is -2.55. The Hall–Kier alpha value is -1.94. The van der Waals surface area contributed by atoms with Gasteiger partial charge in [0.05, 0.1) is 0 Å². The molecule has 134 valence electrons. The third-order valence-electron chi connectivity index (χ3n) is 4.77. The van der Waals surface area contributed by atoms with Crippen LogP contribution in [0.2, 0.25) is 0 Å². The molecule has 0 radical (unpaired) electrons. The SMILES string of the molecule is OC(C#CCC1(C2=CC=C3CC=CC=C32)CC1)(C(F)(F)F)C(F)(F)F. The van der Waals surface area contributed by atoms with E-state index in [9.17, 15) is 26.3 Å². The first kappa shape index (κ1) is 17.9. The largest absolute Gasteiger partial charge is 0.438 e. The number of rotatable bonds is 2. The van der Waals surface area contributed by atoms with Gasteiger partial charge < -0.3 is 5.11 Å². The number of fused-ring (bicyclic) bond motifs is 1. The minimum absolute atomic E-state index is 0.157. The molecule has 0 aromatic heterocycles. The van der Waals surface area contributed by atoms with E-state index in [2.05, 4.69) is 0 Å². The van der Waals surface area contributed by atoms with Gasteiger partial charge in [-0.05, 0) is 41.9 Å². The normalized spacial score (nSPS) is 21.6. The van der Waals surface area contributed by atoms with Crippen molar-refractivity contribution >= 4 is 0 Å². The van der Waals surface area contributed by atoms with Crippen molar-refractivity contribution < 1.29 is 31.4 Å². The van der Waals surface area contributed by atoms with Crippen molar-refractivity contribution in [3.63, 3.8) is 0 Å². The van der Waals surface area contributed by atoms with E-state index in [1.807, 2.05) is 36.3 Å². The van der Waals surface area contributed by atoms with Crippen LogP contribution in [0.4, 0.5) is 26.3 Å². The average Bonchev–Trinajstić information content (AvgIpc) is 3.15. The van der Waals surface area contributed by atoms with Crippen LogP contribution in [-0.2, 0) is 0 Å². The van der Waals surface area contributed by atoms with Crippen LogP contribution < -0.4 is 0 Å². The fraction of sp³-hybridized carbons (Fsp3) is 0.444. The van der Waals surface area contributed by atoms with E-state index in [0.29, 0.717) is 12.8 Å². The van der Waals surface area contributed by atoms with Crippen LogP contribution in [-0.4, -0.2) is 23.1 Å². The van der Waals surface area contributed by atoms with Crippen molar-refractivity contribution in [2.75, 3.05) is 0 Å². The maximum Gasteiger partial charge on any atom is 0.438 e. The zero-order chi connectivity index (χ0) is 18.5. The lowest BCUT2D eigenvalue weighted by molar-refractivity contribution is -0.343. The summed E-state index contributed by atoms with van der Waals surface area (Å²) in [6, 6.07) is 0. The van der Waals surface area contributed by atoms with Gasteiger partial charge in [-0.15, -0.1) is 0 Å². The molecule has 0 amide bonds. The van der Waals surface area contributed by atoms with E-state index in [1.165, 1.54) is 0 Å². The number of aliphatic hydroxyl groups is 1. The molecule has 25 heavy (non-hydrogen) atoms. The van der Waals surface area contributed by atoms with Gasteiger partial charge in [-0.2, -0.15) is 26.3 Å². The Kier molecular flexibility index (Phi) is 3.95. The van der Waals surface area contributed by atoms with E-state index in [4.69, 9.17) is 5.11 Å². The molecular formula is C18H14F6O. The van der Waals surface area contributed by atoms with Gasteiger partial charge in [0.2, 0.25) is 0 Å². The summed E-state index contributed by atoms with van der Waals surface area (Å²) in [5.41, 5.74) is -2.57. The quantitative estimate of drug-likeness (QED) is 0.556. The molecule has 7 heteroatoms. The standard InChI is InChI=1S/C18H14F6O/c19-17(20,21)16(25,18(22,23)24)9-3-8-15(10-11-15)14-7-6-12-4-1-2-5-13(12)14/h1-2,5-7,25H,4,8,10-11H2. The summed E-state index contributed by atoms with van der Waals surface area (Å²) in [6.07, 6.45) is -0.423. The van der Waals surface area contributed by atoms with E-state index in [1.54, 1.807) is 0 Å². The zero-order valence-corrected chi connectivity index (χ0v) is 12.9. The zero-order valence-electron chi connectivity index (χ0n) is 12.9. The fourth-order valence-electron chi connectivity index (χ4n) is 3.07. The maximum atomic E-state index is 12.6. The van der Waals surface area contributed by atoms with E-state index in [-0.39, 0.29) is 6.42 Å². The fourth-order valence-corrected chi connectivity index (χ4v) is 3.07. The summed E-state index contributed by atoms with van der Waals surface area (Å²) < 4.78 is 75.9. The molecule has 0 aromatic rings. The summed E-state index contributed by atoms with van der Waals surface area (Å²) in [4.78, 5) is 0. The van der Waals surface area contributed by atoms with Gasteiger partial charge in [0.1, 0.15) is 0 Å². The molecule has 3 aliphatic rings. The number of hydrogen-bond donors (Lipinski definition) is 1. The summed E-state index contributed by atoms with van der Waals surface area (Å²) in [5.74, 6) is 3.01. The van der Waals surface area contributed by atoms with Gasteiger partial charge in [-0.1, -0.05) is 36.3 Å². The summed E-state index contributed by atoms with van der Waals surface area (Å²) in [6.45, 7) is 0. The third-order valence-corrected chi connectivity index (χ3v) is 4.77. The Labute approximate surface area is 140 Å². The first-order chi connectivity index (χ1) is 11.5. The van der Waals surface area contributed by atoms with Crippen LogP contribution in [0.15, 0.2) is 47.1 Å². The second-order valence-electron chi connectivity index (χ2n) is 6.45. The van der Waals surface area contributed by atoms with Crippen molar-refractivity contribution in [1.82, 2.24) is 0 Å². The van der Waals surface area contributed by atoms with Crippen LogP contribution >= 0.6 is 0 Å². The van der Waals surface area contributed by atoms with Gasteiger partial charge in [0.25, 0.3) is 0 Å². The Balaban J connectivity index is 1.82. The van der Waals surface area contributed by atoms with Crippen LogP contribution in [0, 0.1) is 17.3 Å². The lowest BCUT2D eigenvalue weighted by atomic mass is 9.84. The summed E-state index contributed by atoms with van der Waals surface area (Å²) in [5, 5.41) is 9.09. The molecule has 0 saturated heterocycles. The third kappa shape index (κ3) is 2.93. The monoisotopic (exact) mass is 360 g/mol. The van der Waals surface area contributed by atoms with Crippen molar-refractivity contribution in [2.24, 2.45) is 5.41 Å². The van der Waals surface area contributed by atoms with Gasteiger partial charge in [0.15, 0.2) is 0 Å². The van der Waals surface area contributed by atoms with Gasteiger partial charge in [0, 0.05) is 11.8 Å². The minimum atomic E-state index is -5.91. The molecule has 0 aromatic carbocycles. The van der Waals surface area contributed by atoms with Crippen molar-refractivity contribution in [3.8, 4) is 11.8 Å². The average molecular weight is 360 g/mol. The highest BCUT2D eigenvalue weighted by Gasteiger charge is 2.70. The molecule has 0 aliphatic heterocycles. The molecule has 1 N–H and O–H groups in total. The second-order valence-corrected chi connectivity index (χ2v) is 6.45. The van der Waals surface area contributed by atoms with Gasteiger partial charge in [-0.3, -0.25) is 0 Å². The highest BCUT2D eigenvalue weighted by molar-refractivity contribution is 5.62. The molecule has 1 saturated carbocycles. The molecule has 3 aliphatic carbocycles. The number of halogens is 6. The van der Waals surface area contributed by atoms with Crippen LogP contribution in [0.25, 0.3) is 0 Å². The second kappa shape index (κ2) is 5.53. The van der Waals surface area contributed by atoms with E-state index >= 15 is 0 Å². The maximum absolute atomic E-state index is 12.6. The highest BCUT2D eigenvalue weighted by Crippen LogP contribution is 2.59. The molecule has 3 rings (SSSR count). The van der Waals surface area contributed by atoms with Crippen molar-refractivity contribution in [1.29, 1.82) is 0 Å². The Morgan fingerprint density at radius 2 is 1.64 bits per heavy atom. The van der Waals surface area contributed by atoms with Crippen LogP contribution in [0.1, 0.15) is 25.7 Å². The lowest BCUT2D eigenvalue weighted by Gasteiger charge is -2.27. The Morgan fingerprint density at radius 1 is 1.00 bits per heavy atom. The van der Waals surface area contributed by atoms with E-state index in [0.717, 1.165) is 29.1 Å². The summed E-state index contributed by atoms with van der Waals surface area (Å²) >= 11 is 0. The van der Waals surface area contributed by atoms with E-state index < -0.39 is 23.4 Å². The number of hydrogen-bond acceptors (Lipinski definition) is 1. The Bertz CT molecular complexity index is 746. The number of alkyl halides is 6. The first-order valence-electron chi connectivity index (χ1n) is 7.65. The molecule has 0 unspecified atom stereocenters. The van der Waals surface area contributed by atoms with Crippen LogP contribution in [0.3, 0.4) is 0 Å². The minimum Gasteiger partial charge on any atom is -0.363 e. The molecule has 1 fully saturated rings. The van der Waals surface area contributed by atoms with Gasteiger partial charge >= 0.3 is 18.0 Å². The summed E-state index contributed by atoms with van der Waals surface area (Å²) in [7, 11) is 0. The molecule has 0 atom stereocenters. The Morgan fingerprint density at radius 3 is 2.20 bits per heavy atom. The molecular weight excluding hydrogens is 346 g/mol. The predicted molar refractivity (Wildman–Crippen MR) is 79.1 cm³/mol. The molecule has 0 bridgehead atoms. The molecule has 0 heterocycles. The van der Waals surface area contributed by atoms with Gasteiger partial charge in [-0.25, -0.2) is 0 Å². The van der Waals surface area contributed by atoms with Crippen molar-refractivity contribution in [2.45, 2.75) is 43.6 Å². The smallest absolute Gasteiger partial charge is 0.363 e. The first-order valence-corrected chi connectivity index (χ1v) is 7.65. The highest BCUT2D eigenvalue weighted by atomic mass is 19.4. The van der Waals surface area contributed by atoms with Crippen LogP contribution in [0.5, 0.6) is 0 Å².